The summed E-state index contributed by atoms with van der Waals surface area (Å²) in [5, 5.41) is 11.2. The van der Waals surface area contributed by atoms with Gasteiger partial charge < -0.3 is 15.2 Å². The number of carbonyl (C=O) groups is 2. The molecule has 19 heavy (non-hydrogen) atoms. The lowest BCUT2D eigenvalue weighted by atomic mass is 10.2. The van der Waals surface area contributed by atoms with Crippen LogP contribution in [0.2, 0.25) is 0 Å². The Morgan fingerprint density at radius 1 is 1.32 bits per heavy atom. The fraction of sp³-hybridized carbons (Fsp3) is 0.385. The Kier molecular flexibility index (Phi) is 8.37. The average molecular weight is 288 g/mol. The Morgan fingerprint density at radius 2 is 1.95 bits per heavy atom. The molecule has 106 valence electrons. The van der Waals surface area contributed by atoms with Gasteiger partial charge in [0, 0.05) is 0 Å². The number of amides is 1. The number of carboxylic acid groups (broad SMARTS) is 1. The predicted octanol–water partition coefficient (Wildman–Crippen LogP) is 2.59. The van der Waals surface area contributed by atoms with Gasteiger partial charge in [-0.1, -0.05) is 43.7 Å². The molecule has 0 saturated heterocycles. The van der Waals surface area contributed by atoms with Crippen LogP contribution >= 0.6 is 12.4 Å². The molecule has 0 aliphatic rings. The normalized spacial score (nSPS) is 11.0. The van der Waals surface area contributed by atoms with Crippen LogP contribution in [0.1, 0.15) is 25.3 Å². The summed E-state index contributed by atoms with van der Waals surface area (Å²) in [5.74, 6) is -1.05. The molecule has 1 aromatic rings. The fourth-order valence-corrected chi connectivity index (χ4v) is 1.45. The quantitative estimate of drug-likeness (QED) is 0.843. The van der Waals surface area contributed by atoms with Crippen molar-refractivity contribution in [2.75, 3.05) is 0 Å². The van der Waals surface area contributed by atoms with E-state index >= 15 is 0 Å². The minimum absolute atomic E-state index is 0. The van der Waals surface area contributed by atoms with Crippen molar-refractivity contribution in [2.24, 2.45) is 0 Å². The molecule has 0 saturated carbocycles. The number of halogens is 1. The van der Waals surface area contributed by atoms with Gasteiger partial charge in [0.1, 0.15) is 12.6 Å². The van der Waals surface area contributed by atoms with Crippen LogP contribution in [0.3, 0.4) is 0 Å². The van der Waals surface area contributed by atoms with Gasteiger partial charge in [-0.3, -0.25) is 0 Å². The van der Waals surface area contributed by atoms with E-state index in [1.54, 1.807) is 0 Å². The molecule has 0 aliphatic heterocycles. The summed E-state index contributed by atoms with van der Waals surface area (Å²) in [5.41, 5.74) is 0.856. The third-order valence-electron chi connectivity index (χ3n) is 2.38. The first-order valence-corrected chi connectivity index (χ1v) is 5.83. The van der Waals surface area contributed by atoms with E-state index < -0.39 is 18.1 Å². The second-order valence-corrected chi connectivity index (χ2v) is 3.89. The molecule has 0 aromatic heterocycles. The van der Waals surface area contributed by atoms with Crippen molar-refractivity contribution in [2.45, 2.75) is 32.4 Å². The molecule has 1 atom stereocenters. The maximum atomic E-state index is 11.4. The lowest BCUT2D eigenvalue weighted by Crippen LogP contribution is -2.40. The third-order valence-corrected chi connectivity index (χ3v) is 2.38. The van der Waals surface area contributed by atoms with Gasteiger partial charge in [-0.2, -0.15) is 0 Å². The van der Waals surface area contributed by atoms with Gasteiger partial charge in [0.2, 0.25) is 0 Å². The van der Waals surface area contributed by atoms with Crippen LogP contribution in [0.4, 0.5) is 4.79 Å². The first-order valence-electron chi connectivity index (χ1n) is 5.83. The van der Waals surface area contributed by atoms with E-state index in [1.165, 1.54) is 0 Å². The minimum atomic E-state index is -1.05. The van der Waals surface area contributed by atoms with E-state index in [2.05, 4.69) is 5.32 Å². The number of aliphatic carboxylic acids is 1. The van der Waals surface area contributed by atoms with Gasteiger partial charge in [0.25, 0.3) is 0 Å². The van der Waals surface area contributed by atoms with Gasteiger partial charge in [-0.25, -0.2) is 9.59 Å². The number of rotatable bonds is 6. The number of alkyl carbamates (subject to hydrolysis) is 1. The summed E-state index contributed by atoms with van der Waals surface area (Å²) in [6.45, 7) is 1.98. The van der Waals surface area contributed by atoms with Gasteiger partial charge in [-0.15, -0.1) is 12.4 Å². The fourth-order valence-electron chi connectivity index (χ4n) is 1.45. The number of nitrogens with one attached hydrogen (secondary N) is 1. The molecular weight excluding hydrogens is 270 g/mol. The maximum absolute atomic E-state index is 11.4. The predicted molar refractivity (Wildman–Crippen MR) is 73.3 cm³/mol. The number of benzene rings is 1. The highest BCUT2D eigenvalue weighted by molar-refractivity contribution is 5.85. The second-order valence-electron chi connectivity index (χ2n) is 3.89. The summed E-state index contributed by atoms with van der Waals surface area (Å²) in [4.78, 5) is 22.2. The van der Waals surface area contributed by atoms with Crippen LogP contribution in [-0.4, -0.2) is 23.2 Å². The summed E-state index contributed by atoms with van der Waals surface area (Å²) in [6.07, 6.45) is 0.353. The first kappa shape index (κ1) is 17.2. The molecular formula is C13H18ClNO4. The largest absolute Gasteiger partial charge is 0.480 e. The highest BCUT2D eigenvalue weighted by Gasteiger charge is 2.19. The standard InChI is InChI=1S/C13H17NO4.ClH/c1-2-6-11(12(15)16)14-13(17)18-9-10-7-4-3-5-8-10;/h3-5,7-8,11H,2,6,9H2,1H3,(H,14,17)(H,15,16);1H. The molecule has 0 spiro atoms. The van der Waals surface area contributed by atoms with Crippen LogP contribution in [0, 0.1) is 0 Å². The van der Waals surface area contributed by atoms with Gasteiger partial charge >= 0.3 is 12.1 Å². The Hall–Kier alpha value is -1.75. The molecule has 1 aromatic carbocycles. The number of hydrogen-bond acceptors (Lipinski definition) is 3. The smallest absolute Gasteiger partial charge is 0.408 e. The average Bonchev–Trinajstić information content (AvgIpc) is 2.37. The van der Waals surface area contributed by atoms with Gasteiger partial charge in [0.05, 0.1) is 0 Å². The van der Waals surface area contributed by atoms with Crippen LogP contribution in [0.5, 0.6) is 0 Å². The van der Waals surface area contributed by atoms with E-state index in [0.29, 0.717) is 12.8 Å². The molecule has 0 heterocycles. The van der Waals surface area contributed by atoms with Crippen molar-refractivity contribution < 1.29 is 19.4 Å². The van der Waals surface area contributed by atoms with E-state index in [-0.39, 0.29) is 19.0 Å². The number of hydrogen-bond donors (Lipinski definition) is 2. The molecule has 0 fully saturated rings. The molecule has 6 heteroatoms. The Bertz CT molecular complexity index is 397. The Morgan fingerprint density at radius 3 is 2.47 bits per heavy atom. The third kappa shape index (κ3) is 6.67. The summed E-state index contributed by atoms with van der Waals surface area (Å²) >= 11 is 0. The van der Waals surface area contributed by atoms with Crippen LogP contribution in [0.15, 0.2) is 30.3 Å². The van der Waals surface area contributed by atoms with E-state index in [4.69, 9.17) is 9.84 Å². The van der Waals surface area contributed by atoms with Crippen molar-refractivity contribution in [3.8, 4) is 0 Å². The zero-order valence-corrected chi connectivity index (χ0v) is 11.5. The highest BCUT2D eigenvalue weighted by Crippen LogP contribution is 2.02. The van der Waals surface area contributed by atoms with Gasteiger partial charge in [0.15, 0.2) is 0 Å². The number of carboxylic acids is 1. The summed E-state index contributed by atoms with van der Waals surface area (Å²) in [7, 11) is 0. The van der Waals surface area contributed by atoms with Crippen molar-refractivity contribution >= 4 is 24.5 Å². The maximum Gasteiger partial charge on any atom is 0.408 e. The summed E-state index contributed by atoms with van der Waals surface area (Å²) in [6, 6.07) is 8.31. The molecule has 0 bridgehead atoms. The monoisotopic (exact) mass is 287 g/mol. The minimum Gasteiger partial charge on any atom is -0.480 e. The first-order chi connectivity index (χ1) is 8.63. The molecule has 1 unspecified atom stereocenters. The molecule has 0 aliphatic carbocycles. The van der Waals surface area contributed by atoms with Crippen LogP contribution in [0.25, 0.3) is 0 Å². The van der Waals surface area contributed by atoms with Crippen molar-refractivity contribution in [3.05, 3.63) is 35.9 Å². The lowest BCUT2D eigenvalue weighted by Gasteiger charge is -2.13. The molecule has 5 nitrogen and oxygen atoms in total. The number of carbonyl (C=O) groups excluding carboxylic acids is 1. The lowest BCUT2D eigenvalue weighted by molar-refractivity contribution is -0.139. The Labute approximate surface area is 118 Å². The second kappa shape index (κ2) is 9.22. The van der Waals surface area contributed by atoms with E-state index in [9.17, 15) is 9.59 Å². The van der Waals surface area contributed by atoms with Crippen molar-refractivity contribution in [1.82, 2.24) is 5.32 Å². The van der Waals surface area contributed by atoms with Crippen molar-refractivity contribution in [1.29, 1.82) is 0 Å². The molecule has 2 N–H and O–H groups in total. The van der Waals surface area contributed by atoms with E-state index in [1.807, 2.05) is 37.3 Å². The highest BCUT2D eigenvalue weighted by atomic mass is 35.5. The number of ether oxygens (including phenoxy) is 1. The molecule has 1 rings (SSSR count). The van der Waals surface area contributed by atoms with Crippen molar-refractivity contribution in [3.63, 3.8) is 0 Å². The van der Waals surface area contributed by atoms with Crippen LogP contribution in [-0.2, 0) is 16.1 Å². The zero-order chi connectivity index (χ0) is 13.4. The molecule has 0 radical (unpaired) electrons. The summed E-state index contributed by atoms with van der Waals surface area (Å²) < 4.78 is 4.94. The Balaban J connectivity index is 0.00000324. The zero-order valence-electron chi connectivity index (χ0n) is 10.7. The topological polar surface area (TPSA) is 75.6 Å². The van der Waals surface area contributed by atoms with E-state index in [0.717, 1.165) is 5.56 Å². The van der Waals surface area contributed by atoms with Gasteiger partial charge in [-0.05, 0) is 12.0 Å². The molecule has 1 amide bonds. The SMILES string of the molecule is CCCC(NC(=O)OCc1ccccc1)C(=O)O.Cl. The van der Waals surface area contributed by atoms with Crippen LogP contribution < -0.4 is 5.32 Å².